The highest BCUT2D eigenvalue weighted by atomic mass is 16.7. The summed E-state index contributed by atoms with van der Waals surface area (Å²) in [5.41, 5.74) is 3.44. The monoisotopic (exact) mass is 1070 g/mol. The van der Waals surface area contributed by atoms with Gasteiger partial charge in [-0.15, -0.1) is 6.58 Å². The Balaban J connectivity index is 1.27. The molecule has 3 aromatic carbocycles. The van der Waals surface area contributed by atoms with Gasteiger partial charge in [0.25, 0.3) is 0 Å². The first-order valence-electron chi connectivity index (χ1n) is 28.6. The number of nitrogens with zero attached hydrogens (tertiary/aromatic N) is 2. The molecule has 2 amide bonds. The molecule has 7 rings (SSSR count). The molecule has 0 bridgehead atoms. The molecular formula is C62H87N3O12. The van der Waals surface area contributed by atoms with Crippen LogP contribution in [0.5, 0.6) is 23.0 Å². The topological polar surface area (TPSA) is 176 Å². The van der Waals surface area contributed by atoms with E-state index in [1.165, 1.54) is 44.9 Å². The number of fused-ring (bicyclic) bond motifs is 3. The summed E-state index contributed by atoms with van der Waals surface area (Å²) in [6.45, 7) is 13.5. The van der Waals surface area contributed by atoms with Crippen LogP contribution >= 0.6 is 0 Å². The van der Waals surface area contributed by atoms with Crippen LogP contribution < -0.4 is 24.3 Å². The van der Waals surface area contributed by atoms with Crippen molar-refractivity contribution in [2.24, 2.45) is 22.9 Å². The molecule has 6 unspecified atom stereocenters. The Morgan fingerprint density at radius 3 is 2.27 bits per heavy atom. The summed E-state index contributed by atoms with van der Waals surface area (Å²) in [6, 6.07) is 20.1. The highest BCUT2D eigenvalue weighted by Gasteiger charge is 2.66. The number of unbranched alkanes of at least 4 members (excludes halogenated alkanes) is 11. The number of carbonyl (C=O) groups is 2. The molecular weight excluding hydrogens is 979 g/mol. The number of allylic oxidation sites excluding steroid dienone is 1. The average Bonchev–Trinajstić information content (AvgIpc) is 3.92. The van der Waals surface area contributed by atoms with E-state index in [4.69, 9.17) is 43.2 Å². The zero-order chi connectivity index (χ0) is 54.5. The molecule has 2 aliphatic carbocycles. The van der Waals surface area contributed by atoms with Crippen LogP contribution in [0.2, 0.25) is 0 Å². The number of benzene rings is 3. The molecule has 0 spiro atoms. The normalized spacial score (nSPS) is 21.6. The van der Waals surface area contributed by atoms with E-state index in [0.717, 1.165) is 67.2 Å². The van der Waals surface area contributed by atoms with E-state index in [1.807, 2.05) is 81.4 Å². The Hall–Kier alpha value is -5.61. The van der Waals surface area contributed by atoms with Crippen LogP contribution in [-0.2, 0) is 32.2 Å². The van der Waals surface area contributed by atoms with E-state index < -0.39 is 35.5 Å². The van der Waals surface area contributed by atoms with Crippen LogP contribution in [0.1, 0.15) is 159 Å². The van der Waals surface area contributed by atoms with Gasteiger partial charge in [0.2, 0.25) is 12.6 Å². The molecule has 3 N–H and O–H groups in total. The summed E-state index contributed by atoms with van der Waals surface area (Å²) in [7, 11) is 0. The molecule has 1 fully saturated rings. The number of ether oxygens (including phenoxy) is 7. The van der Waals surface area contributed by atoms with Crippen molar-refractivity contribution >= 4 is 17.9 Å². The van der Waals surface area contributed by atoms with Gasteiger partial charge in [0.1, 0.15) is 29.7 Å². The summed E-state index contributed by atoms with van der Waals surface area (Å²) in [5.74, 6) is -0.513. The van der Waals surface area contributed by atoms with Crippen molar-refractivity contribution in [1.29, 1.82) is 0 Å². The molecule has 1 saturated carbocycles. The molecule has 0 radical (unpaired) electrons. The molecule has 0 aromatic heterocycles. The maximum Gasteiger partial charge on any atom is 0.412 e. The second kappa shape index (κ2) is 29.9. The summed E-state index contributed by atoms with van der Waals surface area (Å²) in [5, 5.41) is 28.1. The van der Waals surface area contributed by atoms with Gasteiger partial charge in [-0.25, -0.2) is 9.59 Å². The number of hydrogen-bond donors (Lipinski definition) is 3. The van der Waals surface area contributed by atoms with Gasteiger partial charge in [-0.3, -0.25) is 4.90 Å². The molecule has 0 saturated heterocycles. The van der Waals surface area contributed by atoms with Gasteiger partial charge in [-0.1, -0.05) is 131 Å². The van der Waals surface area contributed by atoms with Crippen molar-refractivity contribution in [3.63, 3.8) is 0 Å². The van der Waals surface area contributed by atoms with Crippen LogP contribution in [0.15, 0.2) is 96.2 Å². The maximum absolute atomic E-state index is 15.2. The number of hydrogen-bond acceptors (Lipinski definition) is 13. The molecule has 4 aliphatic rings. The fraction of sp³-hybridized carbons (Fsp3) is 0.597. The van der Waals surface area contributed by atoms with E-state index in [-0.39, 0.29) is 70.5 Å². The summed E-state index contributed by atoms with van der Waals surface area (Å²) in [4.78, 5) is 36.7. The molecule has 15 nitrogen and oxygen atoms in total. The van der Waals surface area contributed by atoms with Crippen molar-refractivity contribution in [3.8, 4) is 23.0 Å². The quantitative estimate of drug-likeness (QED) is 0.0307. The third kappa shape index (κ3) is 16.5. The Bertz CT molecular complexity index is 2390. The molecule has 3 aromatic rings. The maximum atomic E-state index is 15.2. The fourth-order valence-corrected chi connectivity index (χ4v) is 11.4. The SMILES string of the molecule is C=CCOC12Oc3ccc(OC(=O)NCCCCCCCCCCCC)cc3C3C(CCCCO)C(CCCCO)C=C(C(=NOC(C)(C)C)CC1N(Cc1ccc4c(c1)OCO4)C(=O)OCCOCc1ccccc1)C32. The van der Waals surface area contributed by atoms with Crippen LogP contribution in [0.4, 0.5) is 9.59 Å². The van der Waals surface area contributed by atoms with Crippen molar-refractivity contribution in [3.05, 3.63) is 108 Å². The molecule has 6 atom stereocenters. The third-order valence-corrected chi connectivity index (χ3v) is 15.0. The molecule has 2 heterocycles. The lowest BCUT2D eigenvalue weighted by atomic mass is 9.55. The average molecular weight is 1070 g/mol. The van der Waals surface area contributed by atoms with Gasteiger partial charge in [-0.2, -0.15) is 0 Å². The van der Waals surface area contributed by atoms with Crippen molar-refractivity contribution < 1.29 is 57.8 Å². The molecule has 422 valence electrons. The first kappa shape index (κ1) is 59.1. The van der Waals surface area contributed by atoms with Crippen molar-refractivity contribution in [2.45, 2.75) is 173 Å². The number of oxime groups is 1. The molecule has 2 aliphatic heterocycles. The number of amides is 2. The van der Waals surface area contributed by atoms with Crippen molar-refractivity contribution in [2.75, 3.05) is 46.4 Å². The first-order chi connectivity index (χ1) is 37.5. The predicted octanol–water partition coefficient (Wildman–Crippen LogP) is 12.7. The van der Waals surface area contributed by atoms with Crippen LogP contribution in [0.3, 0.4) is 0 Å². The van der Waals surface area contributed by atoms with Gasteiger partial charge in [0.15, 0.2) is 11.5 Å². The van der Waals surface area contributed by atoms with E-state index >= 15 is 4.79 Å². The predicted molar refractivity (Wildman–Crippen MR) is 297 cm³/mol. The Kier molecular flexibility index (Phi) is 23.0. The minimum atomic E-state index is -1.57. The van der Waals surface area contributed by atoms with E-state index in [0.29, 0.717) is 54.7 Å². The minimum Gasteiger partial charge on any atom is -0.459 e. The van der Waals surface area contributed by atoms with Crippen LogP contribution in [0.25, 0.3) is 0 Å². The third-order valence-electron chi connectivity index (χ3n) is 15.0. The Labute approximate surface area is 457 Å². The highest BCUT2D eigenvalue weighted by Crippen LogP contribution is 2.62. The zero-order valence-electron chi connectivity index (χ0n) is 46.4. The second-order valence-electron chi connectivity index (χ2n) is 21.9. The summed E-state index contributed by atoms with van der Waals surface area (Å²) < 4.78 is 44.4. The lowest BCUT2D eigenvalue weighted by Gasteiger charge is -2.60. The Morgan fingerprint density at radius 1 is 0.831 bits per heavy atom. The standard InChI is InChI=1S/C62H87N3O12/c1-6-8-9-10-11-12-13-14-15-21-32-63-59(68)75-48-29-31-53-51(40-48)57-49(27-20-23-34-67)47(26-19-22-33-66)39-50-52(64-77-61(3,4)5)41-56(62(76-53,58(50)57)74-35-7-2)65(42-46-28-30-54-55(38-46)73-44-72-54)60(69)71-37-36-70-43-45-24-17-16-18-25-45/h7,16-18,24-25,28-31,38-40,47,49,56-58,66-67H,2,6,8-15,19-23,26-27,32-37,41-44H2,1,3-5H3,(H,63,68). The van der Waals surface area contributed by atoms with Gasteiger partial charge in [0, 0.05) is 44.2 Å². The number of carbonyl (C=O) groups excluding carboxylic acids is 2. The van der Waals surface area contributed by atoms with Gasteiger partial charge in [-0.05, 0) is 112 Å². The van der Waals surface area contributed by atoms with Gasteiger partial charge in [0.05, 0.1) is 31.5 Å². The molecule has 15 heteroatoms. The van der Waals surface area contributed by atoms with E-state index in [1.54, 1.807) is 17.0 Å². The lowest BCUT2D eigenvalue weighted by Crippen LogP contribution is -2.70. The summed E-state index contributed by atoms with van der Waals surface area (Å²) >= 11 is 0. The number of rotatable bonds is 32. The zero-order valence-corrected chi connectivity index (χ0v) is 46.4. The highest BCUT2D eigenvalue weighted by molar-refractivity contribution is 6.03. The van der Waals surface area contributed by atoms with Gasteiger partial charge < -0.3 is 53.5 Å². The Morgan fingerprint density at radius 2 is 1.55 bits per heavy atom. The smallest absolute Gasteiger partial charge is 0.412 e. The lowest BCUT2D eigenvalue weighted by molar-refractivity contribution is -0.256. The van der Waals surface area contributed by atoms with Crippen LogP contribution in [0, 0.1) is 17.8 Å². The van der Waals surface area contributed by atoms with Crippen molar-refractivity contribution in [1.82, 2.24) is 10.2 Å². The van der Waals surface area contributed by atoms with E-state index in [2.05, 4.69) is 24.9 Å². The minimum absolute atomic E-state index is 0.00421. The number of aliphatic hydroxyl groups is 2. The largest absolute Gasteiger partial charge is 0.459 e. The summed E-state index contributed by atoms with van der Waals surface area (Å²) in [6.07, 6.45) is 19.3. The second-order valence-corrected chi connectivity index (χ2v) is 21.9. The van der Waals surface area contributed by atoms with E-state index in [9.17, 15) is 15.0 Å². The number of aliphatic hydroxyl groups excluding tert-OH is 2. The molecule has 77 heavy (non-hydrogen) atoms. The fourth-order valence-electron chi connectivity index (χ4n) is 11.4. The van der Waals surface area contributed by atoms with Gasteiger partial charge >= 0.3 is 12.2 Å². The number of nitrogens with one attached hydrogen (secondary N) is 1. The van der Waals surface area contributed by atoms with Crippen LogP contribution in [-0.4, -0.2) is 96.8 Å². The first-order valence-corrected chi connectivity index (χ1v) is 28.6.